The molecule has 16 heteroatoms. The fourth-order valence-electron chi connectivity index (χ4n) is 2.51. The molecule has 1 aliphatic heterocycles. The number of nitrogens with zero attached hydrogens (tertiary/aromatic N) is 5. The Labute approximate surface area is 180 Å². The van der Waals surface area contributed by atoms with Crippen molar-refractivity contribution in [2.45, 2.75) is 12.4 Å². The number of hydrogen-bond acceptors (Lipinski definition) is 13. The van der Waals surface area contributed by atoms with Gasteiger partial charge in [0.1, 0.15) is 17.4 Å². The van der Waals surface area contributed by atoms with Crippen LogP contribution in [0, 0.1) is 31.6 Å². The van der Waals surface area contributed by atoms with E-state index in [-0.39, 0.29) is 17.9 Å². The summed E-state index contributed by atoms with van der Waals surface area (Å²) in [6.45, 7) is 1.22. The molecule has 1 aromatic carbocycles. The summed E-state index contributed by atoms with van der Waals surface area (Å²) in [5, 5.41) is 32.4. The molecule has 0 aliphatic carbocycles. The maximum Gasteiger partial charge on any atom is 0.364 e. The monoisotopic (exact) mass is 469 g/mol. The highest BCUT2D eigenvalue weighted by molar-refractivity contribution is 7.91. The number of hydrogen-bond donors (Lipinski definition) is 0. The van der Waals surface area contributed by atoms with Gasteiger partial charge in [0.2, 0.25) is 5.71 Å². The lowest BCUT2D eigenvalue weighted by Gasteiger charge is -2.30. The molecule has 32 heavy (non-hydrogen) atoms. The van der Waals surface area contributed by atoms with Crippen molar-refractivity contribution in [3.8, 4) is 11.8 Å². The molecule has 0 amide bonds. The third-order valence-corrected chi connectivity index (χ3v) is 4.86. The molecule has 2 rings (SSSR count). The predicted octanol–water partition coefficient (Wildman–Crippen LogP) is 0.500. The molecule has 1 atom stereocenters. The Morgan fingerprint density at radius 3 is 2.44 bits per heavy atom. The van der Waals surface area contributed by atoms with Crippen LogP contribution in [0.4, 0.5) is 5.69 Å². The number of carbonyl (C=O) groups is 1. The van der Waals surface area contributed by atoms with E-state index in [2.05, 4.69) is 4.99 Å². The van der Waals surface area contributed by atoms with Gasteiger partial charge in [0.15, 0.2) is 9.84 Å². The number of aliphatic imine (C=N–C) groups is 1. The lowest BCUT2D eigenvalue weighted by Crippen LogP contribution is -2.47. The van der Waals surface area contributed by atoms with Gasteiger partial charge in [0, 0.05) is 6.26 Å². The molecule has 0 bridgehead atoms. The zero-order valence-electron chi connectivity index (χ0n) is 16.7. The van der Waals surface area contributed by atoms with Crippen LogP contribution in [0.15, 0.2) is 34.8 Å². The smallest absolute Gasteiger partial charge is 0.364 e. The fraction of sp³-hybridized carbons (Fsp3) is 0.312. The van der Waals surface area contributed by atoms with Gasteiger partial charge in [-0.2, -0.15) is 10.3 Å². The number of benzene rings is 1. The van der Waals surface area contributed by atoms with Crippen molar-refractivity contribution in [3.05, 3.63) is 55.6 Å². The number of nitro groups is 2. The highest BCUT2D eigenvalue weighted by Crippen LogP contribution is 2.31. The summed E-state index contributed by atoms with van der Waals surface area (Å²) in [6.07, 6.45) is 0.733. The second kappa shape index (κ2) is 9.36. The highest BCUT2D eigenvalue weighted by atomic mass is 32.2. The number of ether oxygens (including phenoxy) is 2. The van der Waals surface area contributed by atoms with Crippen LogP contribution in [-0.4, -0.2) is 60.5 Å². The molecule has 0 saturated carbocycles. The lowest BCUT2D eigenvalue weighted by atomic mass is 10.2. The van der Waals surface area contributed by atoms with Crippen molar-refractivity contribution in [1.29, 1.82) is 5.26 Å². The van der Waals surface area contributed by atoms with Crippen LogP contribution >= 0.6 is 0 Å². The van der Waals surface area contributed by atoms with E-state index in [1.54, 1.807) is 6.07 Å². The Morgan fingerprint density at radius 1 is 1.31 bits per heavy atom. The number of hydroxylamine groups is 2. The van der Waals surface area contributed by atoms with Crippen LogP contribution in [0.2, 0.25) is 0 Å². The van der Waals surface area contributed by atoms with Gasteiger partial charge in [0.25, 0.3) is 11.2 Å². The number of sulfone groups is 1. The van der Waals surface area contributed by atoms with Gasteiger partial charge >= 0.3 is 17.5 Å². The normalized spacial score (nSPS) is 16.1. The van der Waals surface area contributed by atoms with E-state index >= 15 is 0 Å². The molecule has 0 radical (unpaired) electrons. The number of carbonyl (C=O) groups excluding carboxylic acids is 1. The predicted molar refractivity (Wildman–Crippen MR) is 104 cm³/mol. The maximum atomic E-state index is 12.3. The van der Waals surface area contributed by atoms with Gasteiger partial charge in [-0.25, -0.2) is 18.2 Å². The average Bonchev–Trinajstić information content (AvgIpc) is 2.71. The topological polar surface area (TPSA) is 205 Å². The Morgan fingerprint density at radius 2 is 1.97 bits per heavy atom. The van der Waals surface area contributed by atoms with Crippen molar-refractivity contribution in [2.75, 3.05) is 20.0 Å². The zero-order chi connectivity index (χ0) is 24.2. The maximum absolute atomic E-state index is 12.3. The van der Waals surface area contributed by atoms with E-state index < -0.39 is 54.1 Å². The van der Waals surface area contributed by atoms with E-state index in [0.717, 1.165) is 31.6 Å². The fourth-order valence-corrected chi connectivity index (χ4v) is 3.34. The summed E-state index contributed by atoms with van der Waals surface area (Å²) in [7, 11) is -3.19. The van der Waals surface area contributed by atoms with Crippen LogP contribution in [0.5, 0.6) is 5.75 Å². The molecule has 1 aliphatic rings. The first kappa shape index (κ1) is 24.2. The van der Waals surface area contributed by atoms with E-state index in [1.165, 1.54) is 6.92 Å². The molecule has 1 heterocycles. The van der Waals surface area contributed by atoms with E-state index in [0.29, 0.717) is 5.06 Å². The molecule has 0 fully saturated rings. The van der Waals surface area contributed by atoms with Gasteiger partial charge < -0.3 is 9.47 Å². The molecule has 0 saturated heterocycles. The van der Waals surface area contributed by atoms with Crippen LogP contribution in [-0.2, 0) is 24.2 Å². The summed E-state index contributed by atoms with van der Waals surface area (Å²) in [5.41, 5.74) is -5.03. The van der Waals surface area contributed by atoms with E-state index in [1.807, 2.05) is 0 Å². The van der Waals surface area contributed by atoms with Crippen LogP contribution in [0.25, 0.3) is 0 Å². The molecule has 0 aromatic heterocycles. The SMILES string of the molecule is CCOC(=O)C1=NC(S(C)(=O)=O)N(OC)C(Oc2ccc(C#N)c([N+](=O)[O-])c2)=C1[N+](=O)[O-]. The van der Waals surface area contributed by atoms with Gasteiger partial charge in [-0.15, -0.1) is 0 Å². The minimum absolute atomic E-state index is 0.196. The van der Waals surface area contributed by atoms with E-state index in [4.69, 9.17) is 19.6 Å². The number of esters is 1. The van der Waals surface area contributed by atoms with Crippen LogP contribution in [0.3, 0.4) is 0 Å². The standard InChI is InChI=1S/C16H15N5O10S/c1-4-30-15(22)12-13(21(25)26)14(19(29-2)16(18-12)32(3,27)28)31-10-6-5-9(8-17)11(7-10)20(23)24/h5-7,16H,4H2,1-3H3. The molecule has 0 N–H and O–H groups in total. The van der Waals surface area contributed by atoms with Crippen LogP contribution in [0.1, 0.15) is 12.5 Å². The Bertz CT molecular complexity index is 1180. The summed E-state index contributed by atoms with van der Waals surface area (Å²) in [6, 6.07) is 4.50. The highest BCUT2D eigenvalue weighted by Gasteiger charge is 2.47. The van der Waals surface area contributed by atoms with Gasteiger partial charge in [-0.1, -0.05) is 0 Å². The summed E-state index contributed by atoms with van der Waals surface area (Å²) >= 11 is 0. The molecule has 1 aromatic rings. The lowest BCUT2D eigenvalue weighted by molar-refractivity contribution is -0.421. The summed E-state index contributed by atoms with van der Waals surface area (Å²) < 4.78 is 34.6. The Kier molecular flexibility index (Phi) is 7.07. The van der Waals surface area contributed by atoms with Gasteiger partial charge in [-0.3, -0.25) is 25.1 Å². The summed E-state index contributed by atoms with van der Waals surface area (Å²) in [4.78, 5) is 41.8. The average molecular weight is 469 g/mol. The molecule has 1 unspecified atom stereocenters. The van der Waals surface area contributed by atoms with Crippen molar-refractivity contribution in [2.24, 2.45) is 4.99 Å². The van der Waals surface area contributed by atoms with Crippen molar-refractivity contribution in [3.63, 3.8) is 0 Å². The van der Waals surface area contributed by atoms with Crippen molar-refractivity contribution < 1.29 is 37.4 Å². The largest absolute Gasteiger partial charge is 0.461 e. The Hall–Kier alpha value is -4.10. The molecule has 170 valence electrons. The number of nitriles is 1. The zero-order valence-corrected chi connectivity index (χ0v) is 17.6. The third-order valence-electron chi connectivity index (χ3n) is 3.80. The minimum atomic E-state index is -4.16. The van der Waals surface area contributed by atoms with Gasteiger partial charge in [-0.05, 0) is 19.1 Å². The van der Waals surface area contributed by atoms with Gasteiger partial charge in [0.05, 0.1) is 29.6 Å². The molecule has 15 nitrogen and oxygen atoms in total. The molecular weight excluding hydrogens is 454 g/mol. The first-order valence-electron chi connectivity index (χ1n) is 8.48. The number of nitro benzene ring substituents is 1. The number of rotatable bonds is 8. The van der Waals surface area contributed by atoms with Crippen molar-refractivity contribution >= 4 is 27.2 Å². The van der Waals surface area contributed by atoms with Crippen molar-refractivity contribution in [1.82, 2.24) is 5.06 Å². The first-order chi connectivity index (χ1) is 15.0. The second-order valence-electron chi connectivity index (χ2n) is 5.92. The van der Waals surface area contributed by atoms with E-state index in [9.17, 15) is 33.4 Å². The summed E-state index contributed by atoms with van der Waals surface area (Å²) in [5.74, 6) is -2.58. The third kappa shape index (κ3) is 4.79. The first-order valence-corrected chi connectivity index (χ1v) is 10.4. The Balaban J connectivity index is 2.77. The molecule has 0 spiro atoms. The quantitative estimate of drug-likeness (QED) is 0.290. The minimum Gasteiger partial charge on any atom is -0.461 e. The molecular formula is C16H15N5O10S. The second-order valence-corrected chi connectivity index (χ2v) is 8.00. The van der Waals surface area contributed by atoms with Crippen LogP contribution < -0.4 is 4.74 Å².